The molecule has 0 spiro atoms. The Morgan fingerprint density at radius 1 is 0.947 bits per heavy atom. The molecule has 2 nitrogen and oxygen atoms in total. The summed E-state index contributed by atoms with van der Waals surface area (Å²) >= 11 is 0. The van der Waals surface area contributed by atoms with E-state index in [1.807, 2.05) is 0 Å². The molecule has 1 aromatic carbocycles. The van der Waals surface area contributed by atoms with Crippen LogP contribution in [-0.4, -0.2) is 11.7 Å². The van der Waals surface area contributed by atoms with E-state index in [0.29, 0.717) is 11.8 Å². The first kappa shape index (κ1) is 13.0. The maximum absolute atomic E-state index is 10.6. The Kier molecular flexibility index (Phi) is 3.53. The van der Waals surface area contributed by atoms with Gasteiger partial charge in [0, 0.05) is 11.6 Å². The highest BCUT2D eigenvalue weighted by molar-refractivity contribution is 5.56. The van der Waals surface area contributed by atoms with Crippen molar-refractivity contribution in [1.29, 1.82) is 0 Å². The van der Waals surface area contributed by atoms with Gasteiger partial charge in [-0.05, 0) is 81.2 Å². The van der Waals surface area contributed by atoms with Crippen molar-refractivity contribution in [3.8, 4) is 5.75 Å². The van der Waals surface area contributed by atoms with Gasteiger partial charge in [-0.25, -0.2) is 0 Å². The molecule has 1 unspecified atom stereocenters. The number of phenolic OH excluding ortho intramolecular Hbond substituents is 1. The standard InChI is InChI=1S/C17H25NO/c1-11-13-7-3-4-8-14(13)12(2)17(19)16(11)15-9-5-6-10-18-15/h15,18-19H,3-10H2,1-2H3. The van der Waals surface area contributed by atoms with Crippen LogP contribution in [0.15, 0.2) is 0 Å². The topological polar surface area (TPSA) is 32.3 Å². The van der Waals surface area contributed by atoms with Crippen molar-refractivity contribution < 1.29 is 5.11 Å². The van der Waals surface area contributed by atoms with Gasteiger partial charge in [0.1, 0.15) is 5.75 Å². The minimum Gasteiger partial charge on any atom is -0.507 e. The molecule has 1 saturated heterocycles. The van der Waals surface area contributed by atoms with Gasteiger partial charge in [-0.15, -0.1) is 0 Å². The van der Waals surface area contributed by atoms with Gasteiger partial charge in [-0.1, -0.05) is 6.42 Å². The van der Waals surface area contributed by atoms with Crippen LogP contribution in [0, 0.1) is 13.8 Å². The van der Waals surface area contributed by atoms with E-state index in [1.165, 1.54) is 54.4 Å². The van der Waals surface area contributed by atoms with Crippen LogP contribution < -0.4 is 5.32 Å². The van der Waals surface area contributed by atoms with Gasteiger partial charge in [-0.2, -0.15) is 0 Å². The molecule has 1 aliphatic carbocycles. The number of hydrogen-bond donors (Lipinski definition) is 2. The van der Waals surface area contributed by atoms with E-state index in [9.17, 15) is 5.11 Å². The molecule has 3 rings (SSSR count). The first-order valence-corrected chi connectivity index (χ1v) is 7.77. The Morgan fingerprint density at radius 2 is 1.63 bits per heavy atom. The maximum atomic E-state index is 10.6. The van der Waals surface area contributed by atoms with Crippen LogP contribution in [0.3, 0.4) is 0 Å². The van der Waals surface area contributed by atoms with Crippen molar-refractivity contribution >= 4 is 0 Å². The van der Waals surface area contributed by atoms with Crippen LogP contribution in [0.2, 0.25) is 0 Å². The first-order chi connectivity index (χ1) is 9.20. The number of nitrogens with one attached hydrogen (secondary N) is 1. The van der Waals surface area contributed by atoms with Crippen LogP contribution >= 0.6 is 0 Å². The van der Waals surface area contributed by atoms with E-state index in [1.54, 1.807) is 0 Å². The lowest BCUT2D eigenvalue weighted by Gasteiger charge is -2.30. The van der Waals surface area contributed by atoms with E-state index >= 15 is 0 Å². The highest BCUT2D eigenvalue weighted by Gasteiger charge is 2.26. The van der Waals surface area contributed by atoms with E-state index in [-0.39, 0.29) is 0 Å². The Hall–Kier alpha value is -1.02. The van der Waals surface area contributed by atoms with Crippen molar-refractivity contribution in [3.05, 3.63) is 27.8 Å². The Bertz CT molecular complexity index is 487. The second kappa shape index (κ2) is 5.16. The third-order valence-electron chi connectivity index (χ3n) is 5.05. The molecule has 2 N–H and O–H groups in total. The predicted molar refractivity (Wildman–Crippen MR) is 78.8 cm³/mol. The van der Waals surface area contributed by atoms with Gasteiger partial charge in [0.15, 0.2) is 0 Å². The molecule has 2 heteroatoms. The number of piperidine rings is 1. The zero-order chi connectivity index (χ0) is 13.4. The minimum atomic E-state index is 0.361. The smallest absolute Gasteiger partial charge is 0.123 e. The van der Waals surface area contributed by atoms with Gasteiger partial charge in [0.05, 0.1) is 0 Å². The van der Waals surface area contributed by atoms with Gasteiger partial charge >= 0.3 is 0 Å². The van der Waals surface area contributed by atoms with Crippen LogP contribution in [0.25, 0.3) is 0 Å². The van der Waals surface area contributed by atoms with Crippen LogP contribution in [0.1, 0.15) is 66.0 Å². The molecule has 1 fully saturated rings. The van der Waals surface area contributed by atoms with Gasteiger partial charge in [0.25, 0.3) is 0 Å². The van der Waals surface area contributed by atoms with Gasteiger partial charge in [0.2, 0.25) is 0 Å². The molecule has 1 aliphatic heterocycles. The number of rotatable bonds is 1. The summed E-state index contributed by atoms with van der Waals surface area (Å²) in [5, 5.41) is 14.2. The van der Waals surface area contributed by atoms with Gasteiger partial charge < -0.3 is 10.4 Å². The monoisotopic (exact) mass is 259 g/mol. The average molecular weight is 259 g/mol. The number of hydrogen-bond acceptors (Lipinski definition) is 2. The second-order valence-corrected chi connectivity index (χ2v) is 6.18. The molecule has 1 heterocycles. The Labute approximate surface area is 116 Å². The summed E-state index contributed by atoms with van der Waals surface area (Å²) in [5.74, 6) is 0.567. The SMILES string of the molecule is Cc1c(O)c(C2CCCCN2)c(C)c2c1CCCC2. The summed E-state index contributed by atoms with van der Waals surface area (Å²) in [6.07, 6.45) is 8.61. The molecule has 1 atom stereocenters. The van der Waals surface area contributed by atoms with Crippen molar-refractivity contribution in [2.24, 2.45) is 0 Å². The highest BCUT2D eigenvalue weighted by atomic mass is 16.3. The van der Waals surface area contributed by atoms with E-state index in [2.05, 4.69) is 19.2 Å². The molecule has 1 aromatic rings. The van der Waals surface area contributed by atoms with Crippen molar-refractivity contribution in [1.82, 2.24) is 5.32 Å². The second-order valence-electron chi connectivity index (χ2n) is 6.18. The summed E-state index contributed by atoms with van der Waals surface area (Å²) in [4.78, 5) is 0. The molecule has 0 radical (unpaired) electrons. The largest absolute Gasteiger partial charge is 0.507 e. The zero-order valence-corrected chi connectivity index (χ0v) is 12.2. The minimum absolute atomic E-state index is 0.361. The Morgan fingerprint density at radius 3 is 2.26 bits per heavy atom. The molecular formula is C17H25NO. The Balaban J connectivity index is 2.10. The summed E-state index contributed by atoms with van der Waals surface area (Å²) < 4.78 is 0. The highest BCUT2D eigenvalue weighted by Crippen LogP contribution is 2.41. The van der Waals surface area contributed by atoms with Gasteiger partial charge in [-0.3, -0.25) is 0 Å². The van der Waals surface area contributed by atoms with Crippen LogP contribution in [0.5, 0.6) is 5.75 Å². The average Bonchev–Trinajstić information content (AvgIpc) is 2.46. The van der Waals surface area contributed by atoms with E-state index < -0.39 is 0 Å². The van der Waals surface area contributed by atoms with Crippen molar-refractivity contribution in [2.45, 2.75) is 64.8 Å². The van der Waals surface area contributed by atoms with E-state index in [4.69, 9.17) is 0 Å². The summed E-state index contributed by atoms with van der Waals surface area (Å²) in [7, 11) is 0. The van der Waals surface area contributed by atoms with Crippen LogP contribution in [-0.2, 0) is 12.8 Å². The predicted octanol–water partition coefficient (Wildman–Crippen LogP) is 3.70. The summed E-state index contributed by atoms with van der Waals surface area (Å²) in [6, 6.07) is 0.361. The van der Waals surface area contributed by atoms with Crippen molar-refractivity contribution in [3.63, 3.8) is 0 Å². The molecule has 0 saturated carbocycles. The first-order valence-electron chi connectivity index (χ1n) is 7.77. The number of phenols is 1. The lowest BCUT2D eigenvalue weighted by molar-refractivity contribution is 0.387. The molecule has 104 valence electrons. The maximum Gasteiger partial charge on any atom is 0.123 e. The fourth-order valence-corrected chi connectivity index (χ4v) is 3.94. The third-order valence-corrected chi connectivity index (χ3v) is 5.05. The van der Waals surface area contributed by atoms with E-state index in [0.717, 1.165) is 24.9 Å². The molecule has 0 amide bonds. The molecule has 2 aliphatic rings. The van der Waals surface area contributed by atoms with Crippen molar-refractivity contribution in [2.75, 3.05) is 6.54 Å². The fraction of sp³-hybridized carbons (Fsp3) is 0.647. The summed E-state index contributed by atoms with van der Waals surface area (Å²) in [6.45, 7) is 5.40. The number of benzene rings is 1. The number of fused-ring (bicyclic) bond motifs is 1. The third kappa shape index (κ3) is 2.16. The molecular weight excluding hydrogens is 234 g/mol. The normalized spacial score (nSPS) is 23.2. The number of aromatic hydroxyl groups is 1. The molecule has 0 bridgehead atoms. The quantitative estimate of drug-likeness (QED) is 0.806. The lowest BCUT2D eigenvalue weighted by atomic mass is 9.80. The zero-order valence-electron chi connectivity index (χ0n) is 12.2. The molecule has 19 heavy (non-hydrogen) atoms. The summed E-state index contributed by atoms with van der Waals surface area (Å²) in [5.41, 5.74) is 6.66. The fourth-order valence-electron chi connectivity index (χ4n) is 3.94. The van der Waals surface area contributed by atoms with Crippen LogP contribution in [0.4, 0.5) is 0 Å². The molecule has 0 aromatic heterocycles. The lowest BCUT2D eigenvalue weighted by Crippen LogP contribution is -2.28.